The van der Waals surface area contributed by atoms with E-state index in [2.05, 4.69) is 25.5 Å². The third-order valence-electron chi connectivity index (χ3n) is 11.6. The summed E-state index contributed by atoms with van der Waals surface area (Å²) in [5.74, 6) is -0.254. The summed E-state index contributed by atoms with van der Waals surface area (Å²) in [4.78, 5) is 70.1. The number of likely N-dealkylation sites (tertiary alicyclic amines) is 1. The Hall–Kier alpha value is -6.46. The van der Waals surface area contributed by atoms with Crippen molar-refractivity contribution in [3.05, 3.63) is 93.9 Å². The van der Waals surface area contributed by atoms with Crippen LogP contribution in [0.3, 0.4) is 0 Å². The van der Waals surface area contributed by atoms with E-state index in [-0.39, 0.29) is 35.6 Å². The molecule has 0 aliphatic carbocycles. The number of benzene rings is 2. The summed E-state index contributed by atoms with van der Waals surface area (Å²) >= 11 is 0. The van der Waals surface area contributed by atoms with Crippen LogP contribution in [0.2, 0.25) is 0 Å². The second kappa shape index (κ2) is 18.0. The molecular weight excluding hydrogens is 785 g/mol. The lowest BCUT2D eigenvalue weighted by Gasteiger charge is -2.32. The number of aromatic nitrogens is 5. The molecule has 17 nitrogen and oxygen atoms in total. The molecule has 1 atom stereocenters. The number of methoxy groups -OCH3 is 2. The third-order valence-corrected chi connectivity index (χ3v) is 11.6. The van der Waals surface area contributed by atoms with Gasteiger partial charge in [-0.1, -0.05) is 5.21 Å². The SMILES string of the molecule is COc1cc(-c2cn(C)c(=O)c3cnccc23)cc(OC)c1CN1CCC(OCc2cn(CCCCCOc3ccc4c(c3)C(=O)N(C3CCC(=O)NC3=O)C4=O)nn2)CC1. The zero-order valence-electron chi connectivity index (χ0n) is 34.4. The van der Waals surface area contributed by atoms with Crippen molar-refractivity contribution in [3.8, 4) is 28.4 Å². The fourth-order valence-electron chi connectivity index (χ4n) is 8.29. The zero-order chi connectivity index (χ0) is 42.6. The van der Waals surface area contributed by atoms with Gasteiger partial charge in [0.2, 0.25) is 11.8 Å². The smallest absolute Gasteiger partial charge is 0.262 e. The van der Waals surface area contributed by atoms with E-state index in [9.17, 15) is 24.0 Å². The first kappa shape index (κ1) is 41.3. The van der Waals surface area contributed by atoms with Gasteiger partial charge >= 0.3 is 0 Å². The first-order chi connectivity index (χ1) is 29.6. The van der Waals surface area contributed by atoms with Gasteiger partial charge in [0.15, 0.2) is 0 Å². The van der Waals surface area contributed by atoms with Crippen molar-refractivity contribution in [1.29, 1.82) is 0 Å². The fraction of sp³-hybridized carbons (Fsp3) is 0.409. The molecule has 0 spiro atoms. The van der Waals surface area contributed by atoms with Gasteiger partial charge in [0.25, 0.3) is 17.4 Å². The Morgan fingerprint density at radius 2 is 1.61 bits per heavy atom. The predicted molar refractivity (Wildman–Crippen MR) is 221 cm³/mol. The Labute approximate surface area is 351 Å². The van der Waals surface area contributed by atoms with Gasteiger partial charge in [-0.2, -0.15) is 0 Å². The fourth-order valence-corrected chi connectivity index (χ4v) is 8.29. The highest BCUT2D eigenvalue weighted by molar-refractivity contribution is 6.23. The van der Waals surface area contributed by atoms with E-state index in [1.165, 1.54) is 6.07 Å². The molecule has 0 saturated carbocycles. The minimum Gasteiger partial charge on any atom is -0.496 e. The van der Waals surface area contributed by atoms with E-state index in [0.29, 0.717) is 37.4 Å². The van der Waals surface area contributed by atoms with Crippen LogP contribution in [0.4, 0.5) is 0 Å². The maximum absolute atomic E-state index is 13.1. The van der Waals surface area contributed by atoms with Crippen LogP contribution in [0.25, 0.3) is 21.9 Å². The van der Waals surface area contributed by atoms with Crippen molar-refractivity contribution in [2.24, 2.45) is 7.05 Å². The average molecular weight is 833 g/mol. The van der Waals surface area contributed by atoms with Crippen LogP contribution >= 0.6 is 0 Å². The average Bonchev–Trinajstić information content (AvgIpc) is 3.83. The molecule has 2 aromatic carbocycles. The van der Waals surface area contributed by atoms with Crippen LogP contribution < -0.4 is 25.1 Å². The molecular formula is C44H48N8O9. The highest BCUT2D eigenvalue weighted by atomic mass is 16.5. The monoisotopic (exact) mass is 832 g/mol. The van der Waals surface area contributed by atoms with Gasteiger partial charge < -0.3 is 23.5 Å². The number of carbonyl (C=O) groups excluding carboxylic acids is 4. The highest BCUT2D eigenvalue weighted by Crippen LogP contribution is 2.38. The normalized spacial score (nSPS) is 17.2. The number of aryl methyl sites for hydroxylation is 2. The number of imide groups is 2. The van der Waals surface area contributed by atoms with Gasteiger partial charge in [0, 0.05) is 63.8 Å². The molecule has 8 rings (SSSR count). The molecule has 1 unspecified atom stereocenters. The summed E-state index contributed by atoms with van der Waals surface area (Å²) in [5, 5.41) is 12.2. The molecule has 6 heterocycles. The molecule has 4 amide bonds. The number of amides is 4. The number of carbonyl (C=O) groups is 4. The number of pyridine rings is 2. The molecule has 2 fully saturated rings. The number of nitrogens with one attached hydrogen (secondary N) is 1. The van der Waals surface area contributed by atoms with Gasteiger partial charge in [-0.15, -0.1) is 5.10 Å². The van der Waals surface area contributed by atoms with Gasteiger partial charge in [-0.3, -0.25) is 48.8 Å². The molecule has 17 heteroatoms. The van der Waals surface area contributed by atoms with Crippen LogP contribution in [0.15, 0.2) is 66.0 Å². The van der Waals surface area contributed by atoms with Crippen molar-refractivity contribution in [3.63, 3.8) is 0 Å². The van der Waals surface area contributed by atoms with Crippen molar-refractivity contribution in [2.75, 3.05) is 33.9 Å². The topological polar surface area (TPSA) is 189 Å². The molecule has 2 saturated heterocycles. The van der Waals surface area contributed by atoms with Crippen LogP contribution in [-0.2, 0) is 41.1 Å². The van der Waals surface area contributed by atoms with Gasteiger partial charge in [-0.25, -0.2) is 0 Å². The second-order valence-corrected chi connectivity index (χ2v) is 15.6. The van der Waals surface area contributed by atoms with Crippen LogP contribution in [0, 0.1) is 0 Å². The van der Waals surface area contributed by atoms with Crippen LogP contribution in [0.1, 0.15) is 76.9 Å². The van der Waals surface area contributed by atoms with E-state index in [4.69, 9.17) is 18.9 Å². The van der Waals surface area contributed by atoms with E-state index >= 15 is 0 Å². The first-order valence-electron chi connectivity index (χ1n) is 20.5. The highest BCUT2D eigenvalue weighted by Gasteiger charge is 2.44. The third kappa shape index (κ3) is 8.74. The number of unbranched alkanes of at least 4 members (excludes halogenated alkanes) is 2. The van der Waals surface area contributed by atoms with Gasteiger partial charge in [-0.05, 0) is 85.9 Å². The van der Waals surface area contributed by atoms with Crippen LogP contribution in [-0.4, -0.2) is 104 Å². The predicted octanol–water partition coefficient (Wildman–Crippen LogP) is 4.04. The van der Waals surface area contributed by atoms with Crippen molar-refractivity contribution >= 4 is 34.4 Å². The first-order valence-corrected chi connectivity index (χ1v) is 20.5. The Bertz CT molecular complexity index is 2520. The number of nitrogens with zero attached hydrogens (tertiary/aromatic N) is 7. The molecule has 3 aromatic heterocycles. The summed E-state index contributed by atoms with van der Waals surface area (Å²) in [5.41, 5.74) is 3.83. The molecule has 3 aliphatic rings. The zero-order valence-corrected chi connectivity index (χ0v) is 34.4. The van der Waals surface area contributed by atoms with Crippen molar-refractivity contribution in [1.82, 2.24) is 39.7 Å². The Morgan fingerprint density at radius 1 is 0.836 bits per heavy atom. The summed E-state index contributed by atoms with van der Waals surface area (Å²) in [7, 11) is 5.06. The quantitative estimate of drug-likeness (QED) is 0.111. The molecule has 61 heavy (non-hydrogen) atoms. The standard InChI is InChI=1S/C44H48N8O9/c1-49-24-35(31-11-14-45-22-34(31)42(49)55)27-19-38(58-2)36(39(20-27)59-3)25-50-16-12-29(13-17-50)61-26-28-23-51(48-47-28)15-5-4-6-18-60-30-7-8-32-33(21-30)44(57)52(43(32)56)37-9-10-40(53)46-41(37)54/h7-8,11,14,19-24,29,37H,4-6,9-10,12-13,15-18,25-26H2,1-3H3,(H,46,53,54). The summed E-state index contributed by atoms with van der Waals surface area (Å²) in [6.45, 7) is 3.86. The second-order valence-electron chi connectivity index (χ2n) is 15.6. The number of hydrogen-bond acceptors (Lipinski definition) is 13. The Morgan fingerprint density at radius 3 is 2.36 bits per heavy atom. The van der Waals surface area contributed by atoms with Gasteiger partial charge in [0.05, 0.1) is 61.8 Å². The number of fused-ring (bicyclic) bond motifs is 2. The van der Waals surface area contributed by atoms with E-state index in [1.54, 1.807) is 50.4 Å². The molecule has 3 aliphatic heterocycles. The molecule has 1 N–H and O–H groups in total. The number of ether oxygens (including phenoxy) is 4. The van der Waals surface area contributed by atoms with E-state index in [1.807, 2.05) is 35.3 Å². The van der Waals surface area contributed by atoms with Crippen LogP contribution in [0.5, 0.6) is 17.2 Å². The maximum Gasteiger partial charge on any atom is 0.262 e. The van der Waals surface area contributed by atoms with E-state index < -0.39 is 29.7 Å². The minimum atomic E-state index is -1.01. The molecule has 318 valence electrons. The lowest BCUT2D eigenvalue weighted by atomic mass is 9.98. The Balaban J connectivity index is 0.759. The Kier molecular flexibility index (Phi) is 12.2. The summed E-state index contributed by atoms with van der Waals surface area (Å²) < 4.78 is 27.3. The lowest BCUT2D eigenvalue weighted by molar-refractivity contribution is -0.136. The number of piperidine rings is 2. The lowest BCUT2D eigenvalue weighted by Crippen LogP contribution is -2.54. The van der Waals surface area contributed by atoms with Gasteiger partial charge in [0.1, 0.15) is 29.0 Å². The molecule has 0 bridgehead atoms. The summed E-state index contributed by atoms with van der Waals surface area (Å²) in [6, 6.07) is 9.59. The summed E-state index contributed by atoms with van der Waals surface area (Å²) in [6.07, 6.45) is 11.6. The number of hydrogen-bond donors (Lipinski definition) is 1. The number of rotatable bonds is 16. The molecule has 0 radical (unpaired) electrons. The minimum absolute atomic E-state index is 0.0681. The molecule has 5 aromatic rings. The largest absolute Gasteiger partial charge is 0.496 e. The maximum atomic E-state index is 13.1. The van der Waals surface area contributed by atoms with Crippen molar-refractivity contribution < 1.29 is 38.1 Å². The van der Waals surface area contributed by atoms with Crippen molar-refractivity contribution in [2.45, 2.75) is 76.8 Å². The van der Waals surface area contributed by atoms with E-state index in [0.717, 1.165) is 89.4 Å².